The number of hydrogen-bond acceptors (Lipinski definition) is 6. The van der Waals surface area contributed by atoms with Gasteiger partial charge in [-0.2, -0.15) is 4.80 Å². The number of aryl methyl sites for hydroxylation is 1. The van der Waals surface area contributed by atoms with Gasteiger partial charge in [-0.3, -0.25) is 4.98 Å². The Morgan fingerprint density at radius 2 is 2.05 bits per heavy atom. The maximum absolute atomic E-state index is 6.11. The molecule has 7 nitrogen and oxygen atoms in total. The zero-order valence-electron chi connectivity index (χ0n) is 10.4. The minimum Gasteiger partial charge on any atom is -0.322 e. The molecular weight excluding hydrogens is 242 g/mol. The first-order valence-electron chi connectivity index (χ1n) is 5.92. The van der Waals surface area contributed by atoms with Crippen molar-refractivity contribution in [2.24, 2.45) is 12.8 Å². The Labute approximate surface area is 109 Å². The van der Waals surface area contributed by atoms with Gasteiger partial charge < -0.3 is 5.73 Å². The Balaban J connectivity index is 1.86. The first kappa shape index (κ1) is 11.7. The van der Waals surface area contributed by atoms with Crippen molar-refractivity contribution >= 4 is 11.0 Å². The fourth-order valence-electron chi connectivity index (χ4n) is 1.86. The number of rotatable bonds is 3. The summed E-state index contributed by atoms with van der Waals surface area (Å²) in [4.78, 5) is 10.3. The molecule has 0 aliphatic heterocycles. The number of para-hydroxylation sites is 2. The summed E-state index contributed by atoms with van der Waals surface area (Å²) >= 11 is 0. The van der Waals surface area contributed by atoms with Crippen LogP contribution in [0, 0.1) is 0 Å². The van der Waals surface area contributed by atoms with E-state index in [4.69, 9.17) is 5.73 Å². The fraction of sp³-hybridized carbons (Fsp3) is 0.250. The molecule has 0 fully saturated rings. The fourth-order valence-corrected chi connectivity index (χ4v) is 1.86. The van der Waals surface area contributed by atoms with Crippen molar-refractivity contribution in [3.8, 4) is 0 Å². The Bertz CT molecular complexity index is 706. The molecule has 2 heterocycles. The van der Waals surface area contributed by atoms with Crippen LogP contribution < -0.4 is 5.73 Å². The third kappa shape index (κ3) is 2.41. The SMILES string of the molecule is Cn1nnc(CC(N)c2cnc3ccccc3n2)n1. The molecule has 2 aromatic heterocycles. The summed E-state index contributed by atoms with van der Waals surface area (Å²) in [7, 11) is 1.72. The summed E-state index contributed by atoms with van der Waals surface area (Å²) in [6.07, 6.45) is 2.18. The molecule has 0 aliphatic carbocycles. The average Bonchev–Trinajstić information content (AvgIpc) is 2.83. The normalized spacial score (nSPS) is 12.7. The lowest BCUT2D eigenvalue weighted by Gasteiger charge is -2.08. The van der Waals surface area contributed by atoms with E-state index in [1.54, 1.807) is 13.2 Å². The highest BCUT2D eigenvalue weighted by atomic mass is 15.6. The predicted octanol–water partition coefficient (Wildman–Crippen LogP) is 0.396. The van der Waals surface area contributed by atoms with Crippen molar-refractivity contribution in [1.29, 1.82) is 0 Å². The lowest BCUT2D eigenvalue weighted by atomic mass is 10.1. The molecule has 2 N–H and O–H groups in total. The Hall–Kier alpha value is -2.41. The number of hydrogen-bond donors (Lipinski definition) is 1. The average molecular weight is 255 g/mol. The summed E-state index contributed by atoms with van der Waals surface area (Å²) in [5, 5.41) is 11.8. The summed E-state index contributed by atoms with van der Waals surface area (Å²) in [6.45, 7) is 0. The molecule has 0 spiro atoms. The monoisotopic (exact) mass is 255 g/mol. The minimum atomic E-state index is -0.290. The van der Waals surface area contributed by atoms with Crippen LogP contribution >= 0.6 is 0 Å². The van der Waals surface area contributed by atoms with E-state index in [1.165, 1.54) is 4.80 Å². The molecule has 3 rings (SSSR count). The van der Waals surface area contributed by atoms with Gasteiger partial charge in [0.1, 0.15) is 0 Å². The second kappa shape index (κ2) is 4.69. The van der Waals surface area contributed by atoms with E-state index in [2.05, 4.69) is 25.4 Å². The van der Waals surface area contributed by atoms with Gasteiger partial charge in [-0.25, -0.2) is 4.98 Å². The van der Waals surface area contributed by atoms with E-state index < -0.39 is 0 Å². The summed E-state index contributed by atoms with van der Waals surface area (Å²) in [5.74, 6) is 0.602. The largest absolute Gasteiger partial charge is 0.322 e. The van der Waals surface area contributed by atoms with Gasteiger partial charge in [-0.05, 0) is 17.3 Å². The van der Waals surface area contributed by atoms with Crippen molar-refractivity contribution in [2.45, 2.75) is 12.5 Å². The first-order valence-corrected chi connectivity index (χ1v) is 5.92. The molecule has 0 aliphatic rings. The maximum Gasteiger partial charge on any atom is 0.176 e. The first-order chi connectivity index (χ1) is 9.22. The Morgan fingerprint density at radius 1 is 1.26 bits per heavy atom. The molecule has 1 aromatic carbocycles. The molecule has 1 unspecified atom stereocenters. The van der Waals surface area contributed by atoms with Crippen LogP contribution in [-0.4, -0.2) is 30.2 Å². The number of nitrogens with two attached hydrogens (primary N) is 1. The maximum atomic E-state index is 6.11. The van der Waals surface area contributed by atoms with Crippen molar-refractivity contribution in [3.05, 3.63) is 42.0 Å². The zero-order valence-corrected chi connectivity index (χ0v) is 10.4. The Morgan fingerprint density at radius 3 is 2.79 bits per heavy atom. The van der Waals surface area contributed by atoms with Gasteiger partial charge in [-0.15, -0.1) is 10.2 Å². The predicted molar refractivity (Wildman–Crippen MR) is 69.0 cm³/mol. The van der Waals surface area contributed by atoms with Gasteiger partial charge in [0.15, 0.2) is 5.82 Å². The van der Waals surface area contributed by atoms with Crippen molar-refractivity contribution in [1.82, 2.24) is 30.2 Å². The molecule has 0 amide bonds. The van der Waals surface area contributed by atoms with E-state index >= 15 is 0 Å². The second-order valence-electron chi connectivity index (χ2n) is 4.29. The van der Waals surface area contributed by atoms with E-state index in [0.29, 0.717) is 12.2 Å². The molecule has 96 valence electrons. The third-order valence-electron chi connectivity index (χ3n) is 2.80. The van der Waals surface area contributed by atoms with E-state index in [-0.39, 0.29) is 6.04 Å². The highest BCUT2D eigenvalue weighted by Gasteiger charge is 2.13. The molecule has 0 saturated heterocycles. The molecule has 19 heavy (non-hydrogen) atoms. The van der Waals surface area contributed by atoms with Crippen LogP contribution in [0.25, 0.3) is 11.0 Å². The number of benzene rings is 1. The van der Waals surface area contributed by atoms with Crippen LogP contribution in [0.3, 0.4) is 0 Å². The van der Waals surface area contributed by atoms with Crippen LogP contribution in [0.15, 0.2) is 30.5 Å². The molecule has 3 aromatic rings. The number of aromatic nitrogens is 6. The van der Waals surface area contributed by atoms with Gasteiger partial charge >= 0.3 is 0 Å². The van der Waals surface area contributed by atoms with Crippen LogP contribution in [-0.2, 0) is 13.5 Å². The molecule has 0 saturated carbocycles. The lowest BCUT2D eigenvalue weighted by molar-refractivity contribution is 0.620. The smallest absolute Gasteiger partial charge is 0.176 e. The number of nitrogens with zero attached hydrogens (tertiary/aromatic N) is 6. The lowest BCUT2D eigenvalue weighted by Crippen LogP contribution is -2.16. The van der Waals surface area contributed by atoms with Gasteiger partial charge in [0, 0.05) is 6.42 Å². The van der Waals surface area contributed by atoms with Gasteiger partial charge in [0.05, 0.1) is 36.0 Å². The van der Waals surface area contributed by atoms with Crippen molar-refractivity contribution in [2.75, 3.05) is 0 Å². The van der Waals surface area contributed by atoms with Crippen molar-refractivity contribution < 1.29 is 0 Å². The Kier molecular flexibility index (Phi) is 2.88. The van der Waals surface area contributed by atoms with E-state index in [0.717, 1.165) is 16.7 Å². The number of fused-ring (bicyclic) bond motifs is 1. The highest BCUT2D eigenvalue weighted by molar-refractivity contribution is 5.73. The molecule has 7 heteroatoms. The van der Waals surface area contributed by atoms with Crippen molar-refractivity contribution in [3.63, 3.8) is 0 Å². The number of tetrazole rings is 1. The van der Waals surface area contributed by atoms with Gasteiger partial charge in [-0.1, -0.05) is 12.1 Å². The summed E-state index contributed by atoms with van der Waals surface area (Å²) < 4.78 is 0. The highest BCUT2D eigenvalue weighted by Crippen LogP contribution is 2.14. The molecule has 0 radical (unpaired) electrons. The van der Waals surface area contributed by atoms with E-state index in [1.807, 2.05) is 24.3 Å². The standard InChI is InChI=1S/C12H13N7/c1-19-17-12(16-18-19)6-8(13)11-7-14-9-4-2-3-5-10(9)15-11/h2-5,7-8H,6,13H2,1H3. The minimum absolute atomic E-state index is 0.290. The van der Waals surface area contributed by atoms with Crippen LogP contribution in [0.1, 0.15) is 17.6 Å². The van der Waals surface area contributed by atoms with Gasteiger partial charge in [0.25, 0.3) is 0 Å². The third-order valence-corrected chi connectivity index (χ3v) is 2.80. The van der Waals surface area contributed by atoms with Crippen LogP contribution in [0.2, 0.25) is 0 Å². The molecular formula is C12H13N7. The van der Waals surface area contributed by atoms with Crippen LogP contribution in [0.4, 0.5) is 0 Å². The second-order valence-corrected chi connectivity index (χ2v) is 4.29. The molecule has 1 atom stereocenters. The quantitative estimate of drug-likeness (QED) is 0.727. The zero-order chi connectivity index (χ0) is 13.2. The van der Waals surface area contributed by atoms with Gasteiger partial charge in [0.2, 0.25) is 0 Å². The molecule has 0 bridgehead atoms. The topological polar surface area (TPSA) is 95.4 Å². The van der Waals surface area contributed by atoms with Crippen LogP contribution in [0.5, 0.6) is 0 Å². The van der Waals surface area contributed by atoms with E-state index in [9.17, 15) is 0 Å². The summed E-state index contributed by atoms with van der Waals surface area (Å²) in [6, 6.07) is 7.40. The summed E-state index contributed by atoms with van der Waals surface area (Å²) in [5.41, 5.74) is 8.53.